The molecule has 0 aliphatic carbocycles. The first-order valence-electron chi connectivity index (χ1n) is 12.2. The Labute approximate surface area is 226 Å². The van der Waals surface area contributed by atoms with Crippen molar-refractivity contribution in [2.45, 2.75) is 33.0 Å². The molecule has 3 amide bonds. The number of ether oxygens (including phenoxy) is 1. The highest BCUT2D eigenvalue weighted by Gasteiger charge is 2.34. The first-order chi connectivity index (χ1) is 19.1. The van der Waals surface area contributed by atoms with Crippen molar-refractivity contribution in [3.63, 3.8) is 0 Å². The van der Waals surface area contributed by atoms with E-state index >= 15 is 0 Å². The highest BCUT2D eigenvalue weighted by atomic mass is 19.4. The van der Waals surface area contributed by atoms with Crippen LogP contribution in [0.2, 0.25) is 0 Å². The van der Waals surface area contributed by atoms with E-state index in [2.05, 4.69) is 25.6 Å². The Hall–Kier alpha value is -4.94. The molecule has 0 bridgehead atoms. The second kappa shape index (κ2) is 10.7. The molecule has 5 rings (SSSR count). The van der Waals surface area contributed by atoms with Gasteiger partial charge in [0, 0.05) is 49.8 Å². The lowest BCUT2D eigenvalue weighted by Gasteiger charge is -2.20. The number of hydrogen-bond acceptors (Lipinski definition) is 6. The topological polar surface area (TPSA) is 114 Å². The van der Waals surface area contributed by atoms with Gasteiger partial charge in [-0.15, -0.1) is 0 Å². The molecule has 2 aromatic carbocycles. The molecule has 1 aliphatic heterocycles. The average Bonchev–Trinajstić information content (AvgIpc) is 3.49. The minimum atomic E-state index is -4.60. The van der Waals surface area contributed by atoms with Gasteiger partial charge in [0.15, 0.2) is 0 Å². The summed E-state index contributed by atoms with van der Waals surface area (Å²) >= 11 is 0. The van der Waals surface area contributed by atoms with E-state index in [9.17, 15) is 22.8 Å². The van der Waals surface area contributed by atoms with E-state index in [-0.39, 0.29) is 29.6 Å². The quantitative estimate of drug-likeness (QED) is 0.332. The monoisotopic (exact) mass is 551 g/mol. The number of anilines is 3. The number of nitrogens with zero attached hydrogens (tertiary/aromatic N) is 5. The molecule has 0 fully saturated rings. The molecule has 206 valence electrons. The van der Waals surface area contributed by atoms with Crippen LogP contribution in [0.4, 0.5) is 35.2 Å². The number of aromatic nitrogens is 4. The Bertz CT molecular complexity index is 1590. The number of amides is 3. The number of halogens is 3. The molecule has 2 N–H and O–H groups in total. The van der Waals surface area contributed by atoms with E-state index in [1.54, 1.807) is 35.9 Å². The van der Waals surface area contributed by atoms with E-state index in [1.165, 1.54) is 42.5 Å². The second-order valence-electron chi connectivity index (χ2n) is 9.12. The summed E-state index contributed by atoms with van der Waals surface area (Å²) in [6.07, 6.45) is 0.324. The number of benzene rings is 2. The maximum absolute atomic E-state index is 13.9. The molecule has 13 heteroatoms. The lowest BCUT2D eigenvalue weighted by molar-refractivity contribution is -0.138. The highest BCUT2D eigenvalue weighted by Crippen LogP contribution is 2.36. The summed E-state index contributed by atoms with van der Waals surface area (Å²) in [7, 11) is 0. The molecular formula is C27H24F3N7O3. The Morgan fingerprint density at radius 2 is 1.88 bits per heavy atom. The van der Waals surface area contributed by atoms with Gasteiger partial charge in [0.25, 0.3) is 0 Å². The molecular weight excluding hydrogens is 527 g/mol. The van der Waals surface area contributed by atoms with Crippen molar-refractivity contribution >= 4 is 29.1 Å². The molecule has 40 heavy (non-hydrogen) atoms. The number of alkyl halides is 3. The lowest BCUT2D eigenvalue weighted by Crippen LogP contribution is -2.33. The third kappa shape index (κ3) is 5.87. The van der Waals surface area contributed by atoms with Crippen molar-refractivity contribution in [3.8, 4) is 11.6 Å². The van der Waals surface area contributed by atoms with Crippen molar-refractivity contribution in [1.82, 2.24) is 19.5 Å². The largest absolute Gasteiger partial charge is 0.439 e. The third-order valence-corrected chi connectivity index (χ3v) is 6.29. The predicted molar refractivity (Wildman–Crippen MR) is 140 cm³/mol. The van der Waals surface area contributed by atoms with Crippen LogP contribution >= 0.6 is 0 Å². The minimum Gasteiger partial charge on any atom is -0.439 e. The fourth-order valence-corrected chi connectivity index (χ4v) is 4.42. The average molecular weight is 552 g/mol. The van der Waals surface area contributed by atoms with Crippen LogP contribution in [0.15, 0.2) is 61.2 Å². The van der Waals surface area contributed by atoms with Gasteiger partial charge < -0.3 is 19.9 Å². The lowest BCUT2D eigenvalue weighted by atomic mass is 10.1. The van der Waals surface area contributed by atoms with Crippen LogP contribution in [-0.2, 0) is 23.9 Å². The van der Waals surface area contributed by atoms with Crippen LogP contribution in [-0.4, -0.2) is 38.0 Å². The zero-order valence-electron chi connectivity index (χ0n) is 21.5. The van der Waals surface area contributed by atoms with Crippen LogP contribution in [0, 0.1) is 6.92 Å². The smallest absolute Gasteiger partial charge is 0.416 e. The minimum absolute atomic E-state index is 0.00236. The van der Waals surface area contributed by atoms with Crippen molar-refractivity contribution in [3.05, 3.63) is 83.7 Å². The van der Waals surface area contributed by atoms with Gasteiger partial charge in [-0.05, 0) is 54.8 Å². The number of hydrogen-bond donors (Lipinski definition) is 2. The number of fused-ring (bicyclic) bond motifs is 1. The maximum Gasteiger partial charge on any atom is 0.416 e. The summed E-state index contributed by atoms with van der Waals surface area (Å²) in [4.78, 5) is 37.8. The van der Waals surface area contributed by atoms with Crippen LogP contribution in [0.5, 0.6) is 11.6 Å². The molecule has 0 saturated heterocycles. The number of imidazole rings is 1. The van der Waals surface area contributed by atoms with Crippen LogP contribution in [0.25, 0.3) is 0 Å². The summed E-state index contributed by atoms with van der Waals surface area (Å²) in [6.45, 7) is 3.42. The van der Waals surface area contributed by atoms with Crippen molar-refractivity contribution in [1.29, 1.82) is 0 Å². The van der Waals surface area contributed by atoms with Gasteiger partial charge in [-0.25, -0.2) is 19.7 Å². The first-order valence-corrected chi connectivity index (χ1v) is 12.2. The van der Waals surface area contributed by atoms with Gasteiger partial charge in [0.1, 0.15) is 23.7 Å². The van der Waals surface area contributed by atoms with Crippen molar-refractivity contribution < 1.29 is 27.5 Å². The van der Waals surface area contributed by atoms with Gasteiger partial charge in [-0.1, -0.05) is 6.07 Å². The first kappa shape index (κ1) is 26.7. The van der Waals surface area contributed by atoms with E-state index in [4.69, 9.17) is 4.74 Å². The van der Waals surface area contributed by atoms with E-state index in [0.717, 1.165) is 11.6 Å². The zero-order valence-corrected chi connectivity index (χ0v) is 21.5. The standard InChI is InChI=1S/C27H24F3N7O3/c1-16-31-8-10-36(16)14-19-3-4-20(12-22(19)27(28,29)30)35-26(39)37-9-7-18-11-21(5-6-23(18)37)40-25-13-24(32-15-33-25)34-17(2)38/h3-6,8,10-13,15H,7,9,14H2,1-2H3,(H,35,39)(H,32,33,34,38). The van der Waals surface area contributed by atoms with Crippen molar-refractivity contribution in [2.75, 3.05) is 22.1 Å². The van der Waals surface area contributed by atoms with Gasteiger partial charge in [0.2, 0.25) is 11.8 Å². The maximum atomic E-state index is 13.9. The number of nitrogens with one attached hydrogen (secondary N) is 2. The van der Waals surface area contributed by atoms with Crippen LogP contribution in [0.1, 0.15) is 29.4 Å². The molecule has 0 radical (unpaired) electrons. The predicted octanol–water partition coefficient (Wildman–Crippen LogP) is 5.39. The summed E-state index contributed by atoms with van der Waals surface area (Å²) in [5.41, 5.74) is 0.725. The summed E-state index contributed by atoms with van der Waals surface area (Å²) in [5.74, 6) is 1.29. The summed E-state index contributed by atoms with van der Waals surface area (Å²) < 4.78 is 49.0. The second-order valence-corrected chi connectivity index (χ2v) is 9.12. The molecule has 0 unspecified atom stereocenters. The fourth-order valence-electron chi connectivity index (χ4n) is 4.42. The van der Waals surface area contributed by atoms with Gasteiger partial charge in [-0.2, -0.15) is 13.2 Å². The molecule has 2 aromatic heterocycles. The van der Waals surface area contributed by atoms with Crippen LogP contribution in [0.3, 0.4) is 0 Å². The van der Waals surface area contributed by atoms with Crippen LogP contribution < -0.4 is 20.3 Å². The molecule has 0 spiro atoms. The van der Waals surface area contributed by atoms with E-state index in [0.29, 0.717) is 36.0 Å². The number of carbonyl (C=O) groups is 2. The molecule has 3 heterocycles. The number of urea groups is 1. The Balaban J connectivity index is 1.30. The van der Waals surface area contributed by atoms with Gasteiger partial charge in [0.05, 0.1) is 5.56 Å². The molecule has 1 aliphatic rings. The van der Waals surface area contributed by atoms with E-state index < -0.39 is 17.8 Å². The zero-order chi connectivity index (χ0) is 28.4. The molecule has 10 nitrogen and oxygen atoms in total. The van der Waals surface area contributed by atoms with Crippen molar-refractivity contribution in [2.24, 2.45) is 0 Å². The number of carbonyl (C=O) groups excluding carboxylic acids is 2. The summed E-state index contributed by atoms with van der Waals surface area (Å²) in [6, 6.07) is 9.82. The number of rotatable bonds is 6. The summed E-state index contributed by atoms with van der Waals surface area (Å²) in [5, 5.41) is 5.15. The number of aryl methyl sites for hydroxylation is 1. The molecule has 4 aromatic rings. The Kier molecular flexibility index (Phi) is 7.11. The Morgan fingerprint density at radius 1 is 1.05 bits per heavy atom. The highest BCUT2D eigenvalue weighted by molar-refractivity contribution is 6.03. The molecule has 0 saturated carbocycles. The third-order valence-electron chi connectivity index (χ3n) is 6.29. The molecule has 0 atom stereocenters. The van der Waals surface area contributed by atoms with E-state index in [1.807, 2.05) is 0 Å². The fraction of sp³-hybridized carbons (Fsp3) is 0.222. The van der Waals surface area contributed by atoms with Gasteiger partial charge >= 0.3 is 12.2 Å². The Morgan fingerprint density at radius 3 is 2.60 bits per heavy atom. The van der Waals surface area contributed by atoms with Gasteiger partial charge in [-0.3, -0.25) is 9.69 Å². The normalized spacial score (nSPS) is 12.7. The SMILES string of the molecule is CC(=O)Nc1cc(Oc2ccc3c(c2)CCN3C(=O)Nc2ccc(Cn3ccnc3C)c(C(F)(F)F)c2)ncn1.